The fourth-order valence-corrected chi connectivity index (χ4v) is 5.07. The highest BCUT2D eigenvalue weighted by Crippen LogP contribution is 2.36. The molecular formula is C21H26N4O2S. The average molecular weight is 399 g/mol. The molecule has 1 N–H and O–H groups in total. The lowest BCUT2D eigenvalue weighted by molar-refractivity contribution is -0.144. The Labute approximate surface area is 169 Å². The first-order valence-corrected chi connectivity index (χ1v) is 11.0. The average Bonchev–Trinajstić information content (AvgIpc) is 3.24. The molecule has 7 heteroatoms. The second-order valence-corrected chi connectivity index (χ2v) is 8.91. The summed E-state index contributed by atoms with van der Waals surface area (Å²) in [6.45, 7) is 7.52. The number of benzene rings is 1. The van der Waals surface area contributed by atoms with Gasteiger partial charge in [-0.25, -0.2) is 4.68 Å². The lowest BCUT2D eigenvalue weighted by Gasteiger charge is -2.30. The molecule has 0 aliphatic carbocycles. The Bertz CT molecular complexity index is 937. The lowest BCUT2D eigenvalue weighted by atomic mass is 10.0. The van der Waals surface area contributed by atoms with Crippen LogP contribution in [0.4, 0.5) is 5.82 Å². The highest BCUT2D eigenvalue weighted by atomic mass is 32.2. The van der Waals surface area contributed by atoms with Crippen molar-refractivity contribution in [2.24, 2.45) is 5.92 Å². The molecule has 0 saturated carbocycles. The molecule has 4 rings (SSSR count). The van der Waals surface area contributed by atoms with Crippen LogP contribution in [-0.4, -0.2) is 39.6 Å². The third-order valence-corrected chi connectivity index (χ3v) is 6.47. The summed E-state index contributed by atoms with van der Waals surface area (Å²) in [7, 11) is 0. The minimum Gasteiger partial charge on any atom is -0.334 e. The van der Waals surface area contributed by atoms with E-state index in [1.807, 2.05) is 19.1 Å². The number of thioether (sulfide) groups is 1. The van der Waals surface area contributed by atoms with Crippen LogP contribution in [0.2, 0.25) is 0 Å². The monoisotopic (exact) mass is 398 g/mol. The fraction of sp³-hybridized carbons (Fsp3) is 0.476. The van der Waals surface area contributed by atoms with Crippen LogP contribution in [0.25, 0.3) is 5.69 Å². The SMILES string of the molecule is Cc1ccc(-n2nc3c(c2NC(=O)C(=O)N2CCC[C@@H](C)C2)CSC3)c(C)c1. The van der Waals surface area contributed by atoms with E-state index in [1.165, 1.54) is 5.56 Å². The molecule has 0 unspecified atom stereocenters. The number of fused-ring (bicyclic) bond motifs is 1. The standard InChI is InChI=1S/C21H26N4O2S/c1-13-6-7-18(15(3)9-13)25-19(16-11-28-12-17(16)23-25)22-20(26)21(27)24-8-4-5-14(2)10-24/h6-7,9,14H,4-5,8,10-12H2,1-3H3,(H,22,26)/t14-/m1/s1. The number of aryl methyl sites for hydroxylation is 2. The van der Waals surface area contributed by atoms with Crippen LogP contribution in [0, 0.1) is 19.8 Å². The van der Waals surface area contributed by atoms with Gasteiger partial charge in [0.15, 0.2) is 0 Å². The number of carbonyl (C=O) groups is 2. The van der Waals surface area contributed by atoms with E-state index < -0.39 is 11.8 Å². The Balaban J connectivity index is 1.64. The summed E-state index contributed by atoms with van der Waals surface area (Å²) in [4.78, 5) is 27.2. The Morgan fingerprint density at radius 3 is 2.82 bits per heavy atom. The fourth-order valence-electron chi connectivity index (χ4n) is 4.04. The van der Waals surface area contributed by atoms with Crippen molar-refractivity contribution in [2.75, 3.05) is 18.4 Å². The van der Waals surface area contributed by atoms with Crippen molar-refractivity contribution in [1.82, 2.24) is 14.7 Å². The molecule has 0 spiro atoms. The zero-order valence-corrected chi connectivity index (χ0v) is 17.4. The summed E-state index contributed by atoms with van der Waals surface area (Å²) in [5.41, 5.74) is 5.20. The molecule has 3 heterocycles. The molecule has 1 aromatic carbocycles. The minimum absolute atomic E-state index is 0.437. The molecule has 2 aliphatic heterocycles. The molecular weight excluding hydrogens is 372 g/mol. The van der Waals surface area contributed by atoms with Gasteiger partial charge in [-0.2, -0.15) is 16.9 Å². The van der Waals surface area contributed by atoms with E-state index in [9.17, 15) is 9.59 Å². The predicted molar refractivity (Wildman–Crippen MR) is 112 cm³/mol. The number of hydrogen-bond acceptors (Lipinski definition) is 4. The van der Waals surface area contributed by atoms with Gasteiger partial charge in [0.25, 0.3) is 0 Å². The van der Waals surface area contributed by atoms with Gasteiger partial charge >= 0.3 is 11.8 Å². The number of anilines is 1. The van der Waals surface area contributed by atoms with Crippen molar-refractivity contribution in [3.8, 4) is 5.69 Å². The van der Waals surface area contributed by atoms with E-state index in [1.54, 1.807) is 21.3 Å². The smallest absolute Gasteiger partial charge is 0.315 e. The number of hydrogen-bond donors (Lipinski definition) is 1. The molecule has 1 saturated heterocycles. The van der Waals surface area contributed by atoms with E-state index >= 15 is 0 Å². The Morgan fingerprint density at radius 1 is 1.25 bits per heavy atom. The van der Waals surface area contributed by atoms with Gasteiger partial charge in [0.05, 0.1) is 11.4 Å². The summed E-state index contributed by atoms with van der Waals surface area (Å²) >= 11 is 1.78. The summed E-state index contributed by atoms with van der Waals surface area (Å²) in [5, 5.41) is 7.64. The summed E-state index contributed by atoms with van der Waals surface area (Å²) in [5.74, 6) is 1.68. The van der Waals surface area contributed by atoms with E-state index in [4.69, 9.17) is 5.10 Å². The number of aromatic nitrogens is 2. The molecule has 28 heavy (non-hydrogen) atoms. The number of amides is 2. The number of carbonyl (C=O) groups excluding carboxylic acids is 2. The van der Waals surface area contributed by atoms with Crippen molar-refractivity contribution >= 4 is 29.4 Å². The number of nitrogens with zero attached hydrogens (tertiary/aromatic N) is 3. The van der Waals surface area contributed by atoms with E-state index in [0.717, 1.165) is 46.9 Å². The number of rotatable bonds is 2. The molecule has 0 radical (unpaired) electrons. The summed E-state index contributed by atoms with van der Waals surface area (Å²) in [6.07, 6.45) is 2.06. The highest BCUT2D eigenvalue weighted by molar-refractivity contribution is 7.98. The zero-order chi connectivity index (χ0) is 19.8. The first kappa shape index (κ1) is 19.1. The van der Waals surface area contributed by atoms with Crippen LogP contribution in [0.5, 0.6) is 0 Å². The Hall–Kier alpha value is -2.28. The van der Waals surface area contributed by atoms with Crippen molar-refractivity contribution in [2.45, 2.75) is 45.1 Å². The quantitative estimate of drug-likeness (QED) is 0.787. The van der Waals surface area contributed by atoms with Crippen LogP contribution < -0.4 is 5.32 Å². The maximum absolute atomic E-state index is 12.8. The second kappa shape index (κ2) is 7.62. The van der Waals surface area contributed by atoms with Crippen LogP contribution in [0.3, 0.4) is 0 Å². The van der Waals surface area contributed by atoms with Gasteiger partial charge in [-0.05, 0) is 44.2 Å². The first-order chi connectivity index (χ1) is 13.4. The topological polar surface area (TPSA) is 67.2 Å². The lowest BCUT2D eigenvalue weighted by Crippen LogP contribution is -2.45. The minimum atomic E-state index is -0.570. The van der Waals surface area contributed by atoms with Crippen LogP contribution in [-0.2, 0) is 21.1 Å². The van der Waals surface area contributed by atoms with Crippen LogP contribution in [0.1, 0.15) is 42.1 Å². The van der Waals surface area contributed by atoms with Crippen molar-refractivity contribution in [1.29, 1.82) is 0 Å². The van der Waals surface area contributed by atoms with Crippen LogP contribution >= 0.6 is 11.8 Å². The predicted octanol–water partition coefficient (Wildman–Crippen LogP) is 3.43. The molecule has 2 amide bonds. The molecule has 0 bridgehead atoms. The second-order valence-electron chi connectivity index (χ2n) is 7.92. The van der Waals surface area contributed by atoms with Gasteiger partial charge < -0.3 is 10.2 Å². The van der Waals surface area contributed by atoms with E-state index in [2.05, 4.69) is 25.2 Å². The van der Waals surface area contributed by atoms with Crippen molar-refractivity contribution in [3.05, 3.63) is 40.6 Å². The molecule has 6 nitrogen and oxygen atoms in total. The van der Waals surface area contributed by atoms with Gasteiger partial charge in [0.1, 0.15) is 5.82 Å². The third-order valence-electron chi connectivity index (χ3n) is 5.50. The summed E-state index contributed by atoms with van der Waals surface area (Å²) in [6, 6.07) is 6.16. The maximum Gasteiger partial charge on any atom is 0.315 e. The largest absolute Gasteiger partial charge is 0.334 e. The molecule has 2 aliphatic rings. The van der Waals surface area contributed by atoms with Gasteiger partial charge in [0, 0.05) is 30.2 Å². The molecule has 2 aromatic rings. The van der Waals surface area contributed by atoms with Gasteiger partial charge in [-0.3, -0.25) is 9.59 Å². The highest BCUT2D eigenvalue weighted by Gasteiger charge is 2.30. The van der Waals surface area contributed by atoms with Crippen molar-refractivity contribution < 1.29 is 9.59 Å². The Morgan fingerprint density at radius 2 is 2.07 bits per heavy atom. The zero-order valence-electron chi connectivity index (χ0n) is 16.6. The number of likely N-dealkylation sites (tertiary alicyclic amines) is 1. The Kier molecular flexibility index (Phi) is 5.19. The molecule has 1 aromatic heterocycles. The van der Waals surface area contributed by atoms with Crippen LogP contribution in [0.15, 0.2) is 18.2 Å². The number of piperidine rings is 1. The van der Waals surface area contributed by atoms with Gasteiger partial charge in [-0.1, -0.05) is 24.6 Å². The van der Waals surface area contributed by atoms with E-state index in [-0.39, 0.29) is 0 Å². The van der Waals surface area contributed by atoms with Crippen molar-refractivity contribution in [3.63, 3.8) is 0 Å². The maximum atomic E-state index is 12.8. The number of nitrogens with one attached hydrogen (secondary N) is 1. The molecule has 1 fully saturated rings. The van der Waals surface area contributed by atoms with E-state index in [0.29, 0.717) is 24.8 Å². The molecule has 148 valence electrons. The third kappa shape index (κ3) is 3.55. The summed E-state index contributed by atoms with van der Waals surface area (Å²) < 4.78 is 1.79. The first-order valence-electron chi connectivity index (χ1n) is 9.80. The van der Waals surface area contributed by atoms with Gasteiger partial charge in [-0.15, -0.1) is 0 Å². The van der Waals surface area contributed by atoms with Gasteiger partial charge in [0.2, 0.25) is 0 Å². The normalized spacial score (nSPS) is 18.8. The molecule has 1 atom stereocenters.